The van der Waals surface area contributed by atoms with Crippen molar-refractivity contribution in [3.63, 3.8) is 0 Å². The van der Waals surface area contributed by atoms with Gasteiger partial charge in [-0.15, -0.1) is 0 Å². The number of amides is 2. The molecule has 2 amide bonds. The zero-order chi connectivity index (χ0) is 15.8. The maximum absolute atomic E-state index is 13.2. The summed E-state index contributed by atoms with van der Waals surface area (Å²) >= 11 is 0. The van der Waals surface area contributed by atoms with Gasteiger partial charge in [-0.3, -0.25) is 0 Å². The van der Waals surface area contributed by atoms with Gasteiger partial charge < -0.3 is 15.0 Å². The zero-order valence-corrected chi connectivity index (χ0v) is 12.7. The van der Waals surface area contributed by atoms with Crippen LogP contribution in [-0.2, 0) is 4.74 Å². The number of hydrogen-bond donors (Lipinski definition) is 1. The van der Waals surface area contributed by atoms with Crippen LogP contribution in [0.5, 0.6) is 0 Å². The number of nitrogens with zero attached hydrogens (tertiary/aromatic N) is 1. The van der Waals surface area contributed by atoms with Gasteiger partial charge in [-0.25, -0.2) is 13.6 Å². The molecule has 1 unspecified atom stereocenters. The monoisotopic (exact) mass is 300 g/mol. The second-order valence-corrected chi connectivity index (χ2v) is 4.74. The number of benzene rings is 1. The topological polar surface area (TPSA) is 41.6 Å². The van der Waals surface area contributed by atoms with Crippen LogP contribution in [0.1, 0.15) is 31.9 Å². The average molecular weight is 300 g/mol. The fraction of sp³-hybridized carbons (Fsp3) is 0.533. The number of hydrogen-bond acceptors (Lipinski definition) is 2. The summed E-state index contributed by atoms with van der Waals surface area (Å²) < 4.78 is 31.3. The van der Waals surface area contributed by atoms with Crippen LogP contribution >= 0.6 is 0 Å². The third-order valence-electron chi connectivity index (χ3n) is 3.27. The molecule has 0 radical (unpaired) electrons. The molecule has 6 heteroatoms. The van der Waals surface area contributed by atoms with Crippen molar-refractivity contribution in [2.24, 2.45) is 0 Å². The SMILES string of the molecule is CCOCCCNC(=O)N(C)C(C)c1ccc(F)c(F)c1. The molecule has 0 bridgehead atoms. The first-order valence-corrected chi connectivity index (χ1v) is 7.00. The number of carbonyl (C=O) groups excluding carboxylic acids is 1. The van der Waals surface area contributed by atoms with E-state index in [9.17, 15) is 13.6 Å². The minimum atomic E-state index is -0.912. The van der Waals surface area contributed by atoms with Gasteiger partial charge >= 0.3 is 6.03 Å². The number of rotatable bonds is 7. The van der Waals surface area contributed by atoms with E-state index in [0.29, 0.717) is 25.3 Å². The van der Waals surface area contributed by atoms with Crippen LogP contribution < -0.4 is 5.32 Å². The molecule has 1 atom stereocenters. The van der Waals surface area contributed by atoms with Gasteiger partial charge in [0.2, 0.25) is 0 Å². The number of halogens is 2. The predicted octanol–water partition coefficient (Wildman–Crippen LogP) is 3.09. The van der Waals surface area contributed by atoms with Crippen molar-refractivity contribution in [1.82, 2.24) is 10.2 Å². The van der Waals surface area contributed by atoms with Crippen molar-refractivity contribution in [1.29, 1.82) is 0 Å². The van der Waals surface area contributed by atoms with Crippen LogP contribution in [0.25, 0.3) is 0 Å². The van der Waals surface area contributed by atoms with Gasteiger partial charge in [-0.2, -0.15) is 0 Å². The summed E-state index contributed by atoms with van der Waals surface area (Å²) in [4.78, 5) is 13.4. The molecule has 0 aliphatic carbocycles. The summed E-state index contributed by atoms with van der Waals surface area (Å²) in [7, 11) is 1.61. The maximum atomic E-state index is 13.2. The largest absolute Gasteiger partial charge is 0.382 e. The van der Waals surface area contributed by atoms with Crippen molar-refractivity contribution in [2.75, 3.05) is 26.8 Å². The van der Waals surface area contributed by atoms with E-state index in [2.05, 4.69) is 5.32 Å². The van der Waals surface area contributed by atoms with Crippen molar-refractivity contribution in [3.8, 4) is 0 Å². The van der Waals surface area contributed by atoms with Crippen LogP contribution in [0.2, 0.25) is 0 Å². The Morgan fingerprint density at radius 3 is 2.71 bits per heavy atom. The number of ether oxygens (including phenoxy) is 1. The van der Waals surface area contributed by atoms with E-state index < -0.39 is 11.6 Å². The lowest BCUT2D eigenvalue weighted by molar-refractivity contribution is 0.143. The Kier molecular flexibility index (Phi) is 7.08. The highest BCUT2D eigenvalue weighted by Crippen LogP contribution is 2.20. The van der Waals surface area contributed by atoms with Gasteiger partial charge in [-0.05, 0) is 38.0 Å². The van der Waals surface area contributed by atoms with Crippen molar-refractivity contribution in [2.45, 2.75) is 26.3 Å². The van der Waals surface area contributed by atoms with E-state index in [1.54, 1.807) is 14.0 Å². The maximum Gasteiger partial charge on any atom is 0.317 e. The van der Waals surface area contributed by atoms with Crippen LogP contribution in [-0.4, -0.2) is 37.7 Å². The molecule has 1 aromatic carbocycles. The van der Waals surface area contributed by atoms with Gasteiger partial charge in [0, 0.05) is 26.8 Å². The fourth-order valence-electron chi connectivity index (χ4n) is 1.81. The molecule has 0 spiro atoms. The lowest BCUT2D eigenvalue weighted by atomic mass is 10.1. The highest BCUT2D eigenvalue weighted by Gasteiger charge is 2.18. The van der Waals surface area contributed by atoms with E-state index >= 15 is 0 Å². The van der Waals surface area contributed by atoms with E-state index in [0.717, 1.165) is 18.6 Å². The number of nitrogens with one attached hydrogen (secondary N) is 1. The third-order valence-corrected chi connectivity index (χ3v) is 3.27. The van der Waals surface area contributed by atoms with E-state index in [1.165, 1.54) is 11.0 Å². The summed E-state index contributed by atoms with van der Waals surface area (Å²) in [6.45, 7) is 5.43. The summed E-state index contributed by atoms with van der Waals surface area (Å²) in [5.74, 6) is -1.81. The third kappa shape index (κ3) is 5.30. The Hall–Kier alpha value is -1.69. The number of urea groups is 1. The Bertz CT molecular complexity index is 469. The normalized spacial score (nSPS) is 12.0. The minimum absolute atomic E-state index is 0.260. The minimum Gasteiger partial charge on any atom is -0.382 e. The molecular formula is C15H22F2N2O2. The Morgan fingerprint density at radius 2 is 2.10 bits per heavy atom. The summed E-state index contributed by atoms with van der Waals surface area (Å²) in [5, 5.41) is 2.76. The molecular weight excluding hydrogens is 278 g/mol. The fourth-order valence-corrected chi connectivity index (χ4v) is 1.81. The molecule has 0 saturated heterocycles. The van der Waals surface area contributed by atoms with Crippen LogP contribution in [0.4, 0.5) is 13.6 Å². The smallest absolute Gasteiger partial charge is 0.317 e. The first kappa shape index (κ1) is 17.4. The molecule has 0 aliphatic heterocycles. The van der Waals surface area contributed by atoms with E-state index in [-0.39, 0.29) is 12.1 Å². The number of carbonyl (C=O) groups is 1. The van der Waals surface area contributed by atoms with E-state index in [4.69, 9.17) is 4.74 Å². The van der Waals surface area contributed by atoms with Gasteiger partial charge in [0.05, 0.1) is 6.04 Å². The molecule has 118 valence electrons. The molecule has 1 N–H and O–H groups in total. The summed E-state index contributed by atoms with van der Waals surface area (Å²) in [6, 6.07) is 3.03. The molecule has 0 heterocycles. The quantitative estimate of drug-likeness (QED) is 0.786. The van der Waals surface area contributed by atoms with Crippen LogP contribution in [0.15, 0.2) is 18.2 Å². The molecule has 0 aromatic heterocycles. The van der Waals surface area contributed by atoms with Gasteiger partial charge in [0.25, 0.3) is 0 Å². The Morgan fingerprint density at radius 1 is 1.38 bits per heavy atom. The Labute approximate surface area is 124 Å². The lowest BCUT2D eigenvalue weighted by Crippen LogP contribution is -2.39. The Balaban J connectivity index is 2.50. The summed E-state index contributed by atoms with van der Waals surface area (Å²) in [6.07, 6.45) is 0.729. The second-order valence-electron chi connectivity index (χ2n) is 4.74. The highest BCUT2D eigenvalue weighted by molar-refractivity contribution is 5.74. The van der Waals surface area contributed by atoms with Crippen LogP contribution in [0, 0.1) is 11.6 Å². The predicted molar refractivity (Wildman–Crippen MR) is 77.0 cm³/mol. The van der Waals surface area contributed by atoms with Crippen molar-refractivity contribution < 1.29 is 18.3 Å². The van der Waals surface area contributed by atoms with Crippen molar-refractivity contribution in [3.05, 3.63) is 35.4 Å². The van der Waals surface area contributed by atoms with Gasteiger partial charge in [0.1, 0.15) is 0 Å². The zero-order valence-electron chi connectivity index (χ0n) is 12.7. The van der Waals surface area contributed by atoms with Gasteiger partial charge in [0.15, 0.2) is 11.6 Å². The molecule has 4 nitrogen and oxygen atoms in total. The molecule has 0 fully saturated rings. The van der Waals surface area contributed by atoms with Crippen LogP contribution in [0.3, 0.4) is 0 Å². The first-order chi connectivity index (χ1) is 9.97. The second kappa shape index (κ2) is 8.56. The average Bonchev–Trinajstić information content (AvgIpc) is 2.48. The molecule has 0 saturated carbocycles. The highest BCUT2D eigenvalue weighted by atomic mass is 19.2. The molecule has 1 rings (SSSR count). The molecule has 0 aliphatic rings. The molecule has 1 aromatic rings. The van der Waals surface area contributed by atoms with Gasteiger partial charge in [-0.1, -0.05) is 6.07 Å². The molecule has 21 heavy (non-hydrogen) atoms. The van der Waals surface area contributed by atoms with E-state index in [1.807, 2.05) is 6.92 Å². The summed E-state index contributed by atoms with van der Waals surface area (Å²) in [5.41, 5.74) is 0.542. The van der Waals surface area contributed by atoms with Crippen molar-refractivity contribution >= 4 is 6.03 Å². The first-order valence-electron chi connectivity index (χ1n) is 7.00. The lowest BCUT2D eigenvalue weighted by Gasteiger charge is -2.25. The standard InChI is InChI=1S/C15H22F2N2O2/c1-4-21-9-5-8-18-15(20)19(3)11(2)12-6-7-13(16)14(17)10-12/h6-7,10-11H,4-5,8-9H2,1-3H3,(H,18,20).